The Balaban J connectivity index is 1.30. The fourth-order valence-electron chi connectivity index (χ4n) is 4.01. The van der Waals surface area contributed by atoms with Crippen LogP contribution in [0.25, 0.3) is 0 Å². The van der Waals surface area contributed by atoms with Crippen LogP contribution in [0, 0.1) is 5.92 Å². The zero-order valence-corrected chi connectivity index (χ0v) is 14.7. The van der Waals surface area contributed by atoms with Gasteiger partial charge in [0.25, 0.3) is 0 Å². The SMILES string of the molecule is CC(OCCCNC(=O)C1CC2CCCCC2N1)c1ccccc1. The number of amides is 1. The molecule has 132 valence electrons. The van der Waals surface area contributed by atoms with Crippen LogP contribution >= 0.6 is 0 Å². The van der Waals surface area contributed by atoms with Crippen LogP contribution in [0.3, 0.4) is 0 Å². The summed E-state index contributed by atoms with van der Waals surface area (Å²) >= 11 is 0. The number of rotatable bonds is 7. The highest BCUT2D eigenvalue weighted by Crippen LogP contribution is 2.33. The molecule has 2 fully saturated rings. The normalized spacial score (nSPS) is 27.5. The first-order chi connectivity index (χ1) is 11.7. The summed E-state index contributed by atoms with van der Waals surface area (Å²) in [5.74, 6) is 0.880. The Kier molecular flexibility index (Phi) is 6.27. The van der Waals surface area contributed by atoms with Crippen molar-refractivity contribution in [1.29, 1.82) is 0 Å². The van der Waals surface area contributed by atoms with E-state index in [2.05, 4.69) is 29.7 Å². The number of carbonyl (C=O) groups is 1. The molecule has 0 aromatic heterocycles. The minimum absolute atomic E-state index is 0.0160. The summed E-state index contributed by atoms with van der Waals surface area (Å²) in [5, 5.41) is 6.60. The van der Waals surface area contributed by atoms with Gasteiger partial charge in [0.2, 0.25) is 5.91 Å². The highest BCUT2D eigenvalue weighted by molar-refractivity contribution is 5.82. The summed E-state index contributed by atoms with van der Waals surface area (Å²) in [6.45, 7) is 3.42. The molecule has 4 atom stereocenters. The summed E-state index contributed by atoms with van der Waals surface area (Å²) < 4.78 is 5.85. The van der Waals surface area contributed by atoms with Crippen LogP contribution in [-0.2, 0) is 9.53 Å². The first-order valence-electron chi connectivity index (χ1n) is 9.44. The number of fused-ring (bicyclic) bond motifs is 1. The van der Waals surface area contributed by atoms with Gasteiger partial charge in [0.05, 0.1) is 12.1 Å². The molecule has 1 aliphatic heterocycles. The molecular formula is C20H30N2O2. The number of hydrogen-bond donors (Lipinski definition) is 2. The van der Waals surface area contributed by atoms with Gasteiger partial charge in [-0.2, -0.15) is 0 Å². The molecule has 1 amide bonds. The van der Waals surface area contributed by atoms with Gasteiger partial charge in [0.15, 0.2) is 0 Å². The van der Waals surface area contributed by atoms with Crippen LogP contribution in [-0.4, -0.2) is 31.1 Å². The van der Waals surface area contributed by atoms with Crippen LogP contribution in [0.5, 0.6) is 0 Å². The van der Waals surface area contributed by atoms with Crippen molar-refractivity contribution in [3.63, 3.8) is 0 Å². The third-order valence-electron chi connectivity index (χ3n) is 5.44. The van der Waals surface area contributed by atoms with Crippen molar-refractivity contribution in [3.05, 3.63) is 35.9 Å². The maximum absolute atomic E-state index is 12.3. The Bertz CT molecular complexity index is 506. The molecule has 2 aliphatic rings. The average molecular weight is 330 g/mol. The molecule has 4 nitrogen and oxygen atoms in total. The summed E-state index contributed by atoms with van der Waals surface area (Å²) in [5.41, 5.74) is 1.19. The van der Waals surface area contributed by atoms with E-state index in [1.807, 2.05) is 18.2 Å². The van der Waals surface area contributed by atoms with E-state index >= 15 is 0 Å². The molecule has 1 aromatic rings. The number of carbonyl (C=O) groups excluding carboxylic acids is 1. The third kappa shape index (κ3) is 4.58. The highest BCUT2D eigenvalue weighted by Gasteiger charge is 2.37. The molecule has 1 saturated carbocycles. The van der Waals surface area contributed by atoms with Crippen molar-refractivity contribution >= 4 is 5.91 Å². The maximum atomic E-state index is 12.3. The zero-order valence-electron chi connectivity index (χ0n) is 14.7. The lowest BCUT2D eigenvalue weighted by Crippen LogP contribution is -2.43. The summed E-state index contributed by atoms with van der Waals surface area (Å²) in [6, 6.07) is 10.8. The first kappa shape index (κ1) is 17.4. The smallest absolute Gasteiger partial charge is 0.237 e. The number of benzene rings is 1. The average Bonchev–Trinajstić information content (AvgIpc) is 3.06. The molecule has 0 spiro atoms. The van der Waals surface area contributed by atoms with Crippen LogP contribution < -0.4 is 10.6 Å². The molecule has 3 rings (SSSR count). The molecule has 1 aromatic carbocycles. The largest absolute Gasteiger partial charge is 0.374 e. The van der Waals surface area contributed by atoms with E-state index in [1.54, 1.807) is 0 Å². The molecule has 1 heterocycles. The van der Waals surface area contributed by atoms with E-state index in [-0.39, 0.29) is 18.1 Å². The number of nitrogens with one attached hydrogen (secondary N) is 2. The van der Waals surface area contributed by atoms with Gasteiger partial charge in [-0.3, -0.25) is 4.79 Å². The topological polar surface area (TPSA) is 50.4 Å². The zero-order chi connectivity index (χ0) is 16.8. The first-order valence-corrected chi connectivity index (χ1v) is 9.44. The summed E-state index contributed by atoms with van der Waals surface area (Å²) in [7, 11) is 0. The molecule has 4 unspecified atom stereocenters. The maximum Gasteiger partial charge on any atom is 0.237 e. The van der Waals surface area contributed by atoms with Crippen LogP contribution in [0.4, 0.5) is 0 Å². The van der Waals surface area contributed by atoms with Gasteiger partial charge in [-0.1, -0.05) is 43.2 Å². The van der Waals surface area contributed by atoms with Gasteiger partial charge in [-0.25, -0.2) is 0 Å². The molecule has 0 bridgehead atoms. The van der Waals surface area contributed by atoms with E-state index in [4.69, 9.17) is 4.74 Å². The van der Waals surface area contributed by atoms with Crippen LogP contribution in [0.1, 0.15) is 57.1 Å². The van der Waals surface area contributed by atoms with Gasteiger partial charge in [0.1, 0.15) is 0 Å². The summed E-state index contributed by atoms with van der Waals surface area (Å²) in [6.07, 6.45) is 7.11. The lowest BCUT2D eigenvalue weighted by atomic mass is 9.85. The second-order valence-electron chi connectivity index (χ2n) is 7.17. The van der Waals surface area contributed by atoms with Gasteiger partial charge >= 0.3 is 0 Å². The minimum Gasteiger partial charge on any atom is -0.374 e. The van der Waals surface area contributed by atoms with E-state index in [0.29, 0.717) is 25.1 Å². The molecule has 1 saturated heterocycles. The molecule has 1 aliphatic carbocycles. The molecule has 4 heteroatoms. The quantitative estimate of drug-likeness (QED) is 0.755. The van der Waals surface area contributed by atoms with Gasteiger partial charge in [-0.15, -0.1) is 0 Å². The molecule has 24 heavy (non-hydrogen) atoms. The molecule has 2 N–H and O–H groups in total. The van der Waals surface area contributed by atoms with Crippen molar-refractivity contribution < 1.29 is 9.53 Å². The predicted molar refractivity (Wildman–Crippen MR) is 95.7 cm³/mol. The van der Waals surface area contributed by atoms with Gasteiger partial charge < -0.3 is 15.4 Å². The highest BCUT2D eigenvalue weighted by atomic mass is 16.5. The Morgan fingerprint density at radius 1 is 1.29 bits per heavy atom. The monoisotopic (exact) mass is 330 g/mol. The van der Waals surface area contributed by atoms with Crippen molar-refractivity contribution in [3.8, 4) is 0 Å². The minimum atomic E-state index is 0.0160. The second-order valence-corrected chi connectivity index (χ2v) is 7.17. The van der Waals surface area contributed by atoms with Gasteiger partial charge in [-0.05, 0) is 44.1 Å². The molecular weight excluding hydrogens is 300 g/mol. The second kappa shape index (κ2) is 8.63. The van der Waals surface area contributed by atoms with E-state index in [0.717, 1.165) is 12.8 Å². The van der Waals surface area contributed by atoms with E-state index in [1.165, 1.54) is 31.2 Å². The van der Waals surface area contributed by atoms with Crippen molar-refractivity contribution in [2.75, 3.05) is 13.2 Å². The number of ether oxygens (including phenoxy) is 1. The fraction of sp³-hybridized carbons (Fsp3) is 0.650. The van der Waals surface area contributed by atoms with Crippen LogP contribution in [0.15, 0.2) is 30.3 Å². The Hall–Kier alpha value is -1.39. The fourth-order valence-corrected chi connectivity index (χ4v) is 4.01. The van der Waals surface area contributed by atoms with Crippen molar-refractivity contribution in [2.24, 2.45) is 5.92 Å². The standard InChI is InChI=1S/C20H30N2O2/c1-15(16-8-3-2-4-9-16)24-13-7-12-21-20(23)19-14-17-10-5-6-11-18(17)22-19/h2-4,8-9,15,17-19,22H,5-7,10-14H2,1H3,(H,21,23). The number of hydrogen-bond acceptors (Lipinski definition) is 3. The van der Waals surface area contributed by atoms with Crippen LogP contribution in [0.2, 0.25) is 0 Å². The lowest BCUT2D eigenvalue weighted by molar-refractivity contribution is -0.122. The van der Waals surface area contributed by atoms with E-state index in [9.17, 15) is 4.79 Å². The molecule has 0 radical (unpaired) electrons. The Morgan fingerprint density at radius 2 is 2.08 bits per heavy atom. The predicted octanol–water partition coefficient (Wildman–Crippen LogP) is 3.19. The third-order valence-corrected chi connectivity index (χ3v) is 5.44. The lowest BCUT2D eigenvalue weighted by Gasteiger charge is -2.24. The Labute approximate surface area is 145 Å². The van der Waals surface area contributed by atoms with E-state index < -0.39 is 0 Å². The van der Waals surface area contributed by atoms with Crippen molar-refractivity contribution in [1.82, 2.24) is 10.6 Å². The van der Waals surface area contributed by atoms with Crippen molar-refractivity contribution in [2.45, 2.75) is 63.6 Å². The summed E-state index contributed by atoms with van der Waals surface area (Å²) in [4.78, 5) is 12.3. The Morgan fingerprint density at radius 3 is 2.88 bits per heavy atom. The van der Waals surface area contributed by atoms with Gasteiger partial charge in [0, 0.05) is 19.2 Å².